The fourth-order valence-electron chi connectivity index (χ4n) is 3.22. The van der Waals surface area contributed by atoms with Gasteiger partial charge in [0.25, 0.3) is 5.91 Å². The molecule has 0 atom stereocenters. The van der Waals surface area contributed by atoms with Gasteiger partial charge in [0, 0.05) is 24.7 Å². The van der Waals surface area contributed by atoms with Crippen molar-refractivity contribution < 1.29 is 19.4 Å². The Hall–Kier alpha value is -3.02. The summed E-state index contributed by atoms with van der Waals surface area (Å²) in [6.07, 6.45) is 1.81. The van der Waals surface area contributed by atoms with E-state index < -0.39 is 0 Å². The third kappa shape index (κ3) is 5.00. The molecule has 27 heavy (non-hydrogen) atoms. The average molecular weight is 368 g/mol. The molecular formula is C21H24N2O4. The highest BCUT2D eigenvalue weighted by Crippen LogP contribution is 2.16. The molecule has 1 aliphatic heterocycles. The van der Waals surface area contributed by atoms with E-state index in [9.17, 15) is 14.7 Å². The first kappa shape index (κ1) is 18.8. The molecule has 0 aliphatic carbocycles. The molecule has 2 aromatic rings. The summed E-state index contributed by atoms with van der Waals surface area (Å²) in [4.78, 5) is 26.6. The molecule has 3 rings (SSSR count). The second kappa shape index (κ2) is 8.58. The summed E-state index contributed by atoms with van der Waals surface area (Å²) in [5.41, 5.74) is 1.40. The Morgan fingerprint density at radius 1 is 1.15 bits per heavy atom. The highest BCUT2D eigenvalue weighted by molar-refractivity contribution is 5.94. The maximum absolute atomic E-state index is 12.5. The Morgan fingerprint density at radius 3 is 2.48 bits per heavy atom. The van der Waals surface area contributed by atoms with Gasteiger partial charge in [0.15, 0.2) is 0 Å². The topological polar surface area (TPSA) is 78.9 Å². The highest BCUT2D eigenvalue weighted by Gasteiger charge is 2.24. The predicted molar refractivity (Wildman–Crippen MR) is 102 cm³/mol. The molecule has 2 amide bonds. The van der Waals surface area contributed by atoms with Gasteiger partial charge in [-0.3, -0.25) is 9.59 Å². The minimum atomic E-state index is -0.200. The molecule has 2 aromatic carbocycles. The summed E-state index contributed by atoms with van der Waals surface area (Å²) in [5, 5.41) is 12.5. The first-order chi connectivity index (χ1) is 13.0. The number of piperidine rings is 1. The summed E-state index contributed by atoms with van der Waals surface area (Å²) in [5.74, 6) is 0.739. The van der Waals surface area contributed by atoms with Crippen LogP contribution in [-0.2, 0) is 11.2 Å². The Bertz CT molecular complexity index is 796. The molecule has 0 unspecified atom stereocenters. The summed E-state index contributed by atoms with van der Waals surface area (Å²) in [6, 6.07) is 13.8. The van der Waals surface area contributed by atoms with Gasteiger partial charge in [-0.1, -0.05) is 18.2 Å². The van der Waals surface area contributed by atoms with Crippen molar-refractivity contribution >= 4 is 11.8 Å². The maximum atomic E-state index is 12.5. The van der Waals surface area contributed by atoms with E-state index in [-0.39, 0.29) is 23.6 Å². The Balaban J connectivity index is 1.47. The molecule has 142 valence electrons. The van der Waals surface area contributed by atoms with Crippen LogP contribution in [0.25, 0.3) is 0 Å². The Morgan fingerprint density at radius 2 is 1.85 bits per heavy atom. The lowest BCUT2D eigenvalue weighted by Crippen LogP contribution is -2.46. The fraction of sp³-hybridized carbons (Fsp3) is 0.333. The normalized spacial score (nSPS) is 14.6. The number of hydrogen-bond acceptors (Lipinski definition) is 4. The molecule has 6 nitrogen and oxygen atoms in total. The molecule has 6 heteroatoms. The molecule has 0 radical (unpaired) electrons. The average Bonchev–Trinajstić information content (AvgIpc) is 2.69. The van der Waals surface area contributed by atoms with Crippen molar-refractivity contribution in [2.24, 2.45) is 0 Å². The number of nitrogens with one attached hydrogen (secondary N) is 1. The Kier molecular flexibility index (Phi) is 5.96. The number of nitrogens with zero attached hydrogens (tertiary/aromatic N) is 1. The summed E-state index contributed by atoms with van der Waals surface area (Å²) >= 11 is 0. The van der Waals surface area contributed by atoms with Crippen LogP contribution >= 0.6 is 0 Å². The minimum Gasteiger partial charge on any atom is -0.508 e. The van der Waals surface area contributed by atoms with Crippen LogP contribution in [0.3, 0.4) is 0 Å². The van der Waals surface area contributed by atoms with Gasteiger partial charge in [-0.25, -0.2) is 0 Å². The number of carbonyl (C=O) groups excluding carboxylic acids is 2. The van der Waals surface area contributed by atoms with Gasteiger partial charge in [0.1, 0.15) is 11.5 Å². The van der Waals surface area contributed by atoms with Crippen LogP contribution in [0.4, 0.5) is 0 Å². The Labute approximate surface area is 158 Å². The fourth-order valence-corrected chi connectivity index (χ4v) is 3.22. The second-order valence-electron chi connectivity index (χ2n) is 6.70. The molecule has 0 aromatic heterocycles. The van der Waals surface area contributed by atoms with Crippen LogP contribution in [0.2, 0.25) is 0 Å². The number of methoxy groups -OCH3 is 1. The number of likely N-dealkylation sites (tertiary alicyclic amines) is 1. The van der Waals surface area contributed by atoms with Crippen LogP contribution in [0.5, 0.6) is 11.5 Å². The van der Waals surface area contributed by atoms with E-state index in [0.29, 0.717) is 25.1 Å². The zero-order chi connectivity index (χ0) is 19.2. The van der Waals surface area contributed by atoms with E-state index in [0.717, 1.165) is 24.2 Å². The number of phenolic OH excluding ortho intramolecular Hbond substituents is 1. The van der Waals surface area contributed by atoms with E-state index in [4.69, 9.17) is 4.74 Å². The number of hydrogen-bond donors (Lipinski definition) is 2. The van der Waals surface area contributed by atoms with Crippen molar-refractivity contribution in [3.63, 3.8) is 0 Å². The van der Waals surface area contributed by atoms with Crippen molar-refractivity contribution in [1.29, 1.82) is 0 Å². The number of rotatable bonds is 5. The lowest BCUT2D eigenvalue weighted by molar-refractivity contribution is -0.131. The van der Waals surface area contributed by atoms with Crippen molar-refractivity contribution in [1.82, 2.24) is 10.2 Å². The molecule has 1 fully saturated rings. The third-order valence-corrected chi connectivity index (χ3v) is 4.81. The molecule has 1 saturated heterocycles. The predicted octanol–water partition coefficient (Wildman–Crippen LogP) is 2.36. The van der Waals surface area contributed by atoms with E-state index in [1.165, 1.54) is 12.1 Å². The van der Waals surface area contributed by atoms with E-state index in [2.05, 4.69) is 5.32 Å². The summed E-state index contributed by atoms with van der Waals surface area (Å²) in [7, 11) is 1.61. The lowest BCUT2D eigenvalue weighted by atomic mass is 10.0. The molecular weight excluding hydrogens is 344 g/mol. The SMILES string of the molecule is COc1ccc(CC(=O)N2CCC(NC(=O)c3cccc(O)c3)CC2)cc1. The van der Waals surface area contributed by atoms with Crippen molar-refractivity contribution in [2.75, 3.05) is 20.2 Å². The maximum Gasteiger partial charge on any atom is 0.251 e. The monoisotopic (exact) mass is 368 g/mol. The van der Waals surface area contributed by atoms with Gasteiger partial charge in [-0.15, -0.1) is 0 Å². The molecule has 0 spiro atoms. The van der Waals surface area contributed by atoms with E-state index >= 15 is 0 Å². The second-order valence-corrected chi connectivity index (χ2v) is 6.70. The third-order valence-electron chi connectivity index (χ3n) is 4.81. The zero-order valence-corrected chi connectivity index (χ0v) is 15.4. The van der Waals surface area contributed by atoms with Crippen LogP contribution in [-0.4, -0.2) is 48.1 Å². The number of carbonyl (C=O) groups is 2. The lowest BCUT2D eigenvalue weighted by Gasteiger charge is -2.32. The van der Waals surface area contributed by atoms with Crippen LogP contribution in [0, 0.1) is 0 Å². The molecule has 1 aliphatic rings. The standard InChI is InChI=1S/C21H24N2O4/c1-27-19-7-5-15(6-8-19)13-20(25)23-11-9-17(10-12-23)22-21(26)16-3-2-4-18(24)14-16/h2-8,14,17,24H,9-13H2,1H3,(H,22,26). The largest absolute Gasteiger partial charge is 0.508 e. The number of amides is 2. The first-order valence-corrected chi connectivity index (χ1v) is 9.06. The number of benzene rings is 2. The number of phenols is 1. The highest BCUT2D eigenvalue weighted by atomic mass is 16.5. The van der Waals surface area contributed by atoms with E-state index in [1.54, 1.807) is 19.2 Å². The smallest absolute Gasteiger partial charge is 0.251 e. The summed E-state index contributed by atoms with van der Waals surface area (Å²) < 4.78 is 5.13. The minimum absolute atomic E-state index is 0.0323. The van der Waals surface area contributed by atoms with Gasteiger partial charge in [-0.05, 0) is 48.7 Å². The summed E-state index contributed by atoms with van der Waals surface area (Å²) in [6.45, 7) is 1.25. The van der Waals surface area contributed by atoms with Gasteiger partial charge >= 0.3 is 0 Å². The number of aromatic hydroxyl groups is 1. The van der Waals surface area contributed by atoms with Gasteiger partial charge in [-0.2, -0.15) is 0 Å². The zero-order valence-electron chi connectivity index (χ0n) is 15.4. The van der Waals surface area contributed by atoms with Crippen molar-refractivity contribution in [2.45, 2.75) is 25.3 Å². The molecule has 0 bridgehead atoms. The molecule has 2 N–H and O–H groups in total. The van der Waals surface area contributed by atoms with Gasteiger partial charge < -0.3 is 20.1 Å². The van der Waals surface area contributed by atoms with E-state index in [1.807, 2.05) is 29.2 Å². The molecule has 1 heterocycles. The number of ether oxygens (including phenoxy) is 1. The first-order valence-electron chi connectivity index (χ1n) is 9.06. The van der Waals surface area contributed by atoms with Crippen LogP contribution in [0.1, 0.15) is 28.8 Å². The van der Waals surface area contributed by atoms with Crippen LogP contribution < -0.4 is 10.1 Å². The van der Waals surface area contributed by atoms with Gasteiger partial charge in [0.2, 0.25) is 5.91 Å². The molecule has 0 saturated carbocycles. The van der Waals surface area contributed by atoms with Crippen LogP contribution in [0.15, 0.2) is 48.5 Å². The van der Waals surface area contributed by atoms with Crippen molar-refractivity contribution in [3.8, 4) is 11.5 Å². The van der Waals surface area contributed by atoms with Crippen molar-refractivity contribution in [3.05, 3.63) is 59.7 Å². The quantitative estimate of drug-likeness (QED) is 0.849. The van der Waals surface area contributed by atoms with Gasteiger partial charge in [0.05, 0.1) is 13.5 Å².